The molecule has 0 bridgehead atoms. The zero-order valence-corrected chi connectivity index (χ0v) is 14.7. The van der Waals surface area contributed by atoms with Crippen molar-refractivity contribution in [2.45, 2.75) is 58.0 Å². The molecular weight excluding hydrogens is 260 g/mol. The first kappa shape index (κ1) is 18.4. The zero-order chi connectivity index (χ0) is 15.9. The van der Waals surface area contributed by atoms with Crippen LogP contribution in [0.3, 0.4) is 0 Å². The van der Waals surface area contributed by atoms with E-state index in [0.717, 1.165) is 31.7 Å². The molecule has 0 aromatic rings. The van der Waals surface area contributed by atoms with Crippen LogP contribution in [-0.2, 0) is 0 Å². The van der Waals surface area contributed by atoms with Gasteiger partial charge < -0.3 is 9.80 Å². The molecule has 1 saturated heterocycles. The first-order chi connectivity index (χ1) is 9.91. The molecule has 0 radical (unpaired) electrons. The Balaban J connectivity index is 2.24. The van der Waals surface area contributed by atoms with Gasteiger partial charge in [-0.25, -0.2) is 0 Å². The van der Waals surface area contributed by atoms with Crippen LogP contribution in [0.25, 0.3) is 0 Å². The fourth-order valence-corrected chi connectivity index (χ4v) is 3.30. The van der Waals surface area contributed by atoms with E-state index in [1.54, 1.807) is 0 Å². The van der Waals surface area contributed by atoms with Crippen molar-refractivity contribution in [2.24, 2.45) is 5.92 Å². The lowest BCUT2D eigenvalue weighted by molar-refractivity contribution is 0.250. The van der Waals surface area contributed by atoms with Crippen molar-refractivity contribution in [1.82, 2.24) is 15.1 Å². The molecule has 1 aliphatic rings. The van der Waals surface area contributed by atoms with E-state index in [9.17, 15) is 5.26 Å². The third-order valence-electron chi connectivity index (χ3n) is 4.72. The summed E-state index contributed by atoms with van der Waals surface area (Å²) < 4.78 is 0. The monoisotopic (exact) mass is 294 g/mol. The van der Waals surface area contributed by atoms with Crippen LogP contribution in [0.15, 0.2) is 0 Å². The molecule has 3 unspecified atom stereocenters. The van der Waals surface area contributed by atoms with Gasteiger partial charge in [-0.3, -0.25) is 5.32 Å². The largest absolute Gasteiger partial charge is 0.305 e. The molecule has 4 heteroatoms. The van der Waals surface area contributed by atoms with Crippen molar-refractivity contribution in [2.75, 3.05) is 40.3 Å². The second-order valence-electron chi connectivity index (χ2n) is 7.10. The molecule has 3 atom stereocenters. The standard InChI is InChI=1S/C17H34N4/c1-6-10-19-17(3,14-18)9-7-8-11-21-12-15(2)16(13-21)20(4)5/h15-16,19H,6-13H2,1-5H3. The Morgan fingerprint density at radius 2 is 2.05 bits per heavy atom. The molecule has 21 heavy (non-hydrogen) atoms. The summed E-state index contributed by atoms with van der Waals surface area (Å²) in [6, 6.07) is 3.13. The highest BCUT2D eigenvalue weighted by Gasteiger charge is 2.30. The van der Waals surface area contributed by atoms with Crippen LogP contribution >= 0.6 is 0 Å². The molecule has 4 nitrogen and oxygen atoms in total. The topological polar surface area (TPSA) is 42.3 Å². The van der Waals surface area contributed by atoms with Crippen molar-refractivity contribution < 1.29 is 0 Å². The summed E-state index contributed by atoms with van der Waals surface area (Å²) in [5.74, 6) is 0.760. The molecule has 0 aromatic heterocycles. The van der Waals surface area contributed by atoms with Crippen LogP contribution in [0.2, 0.25) is 0 Å². The van der Waals surface area contributed by atoms with Crippen molar-refractivity contribution >= 4 is 0 Å². The molecule has 0 aromatic carbocycles. The quantitative estimate of drug-likeness (QED) is 0.663. The molecule has 0 spiro atoms. The van der Waals surface area contributed by atoms with Gasteiger partial charge in [0.1, 0.15) is 5.54 Å². The van der Waals surface area contributed by atoms with Gasteiger partial charge in [0, 0.05) is 19.1 Å². The van der Waals surface area contributed by atoms with Crippen molar-refractivity contribution in [3.63, 3.8) is 0 Å². The zero-order valence-electron chi connectivity index (χ0n) is 14.7. The van der Waals surface area contributed by atoms with Gasteiger partial charge in [0.05, 0.1) is 6.07 Å². The van der Waals surface area contributed by atoms with E-state index in [1.165, 1.54) is 26.1 Å². The van der Waals surface area contributed by atoms with E-state index >= 15 is 0 Å². The lowest BCUT2D eigenvalue weighted by Gasteiger charge is -2.24. The first-order valence-electron chi connectivity index (χ1n) is 8.47. The van der Waals surface area contributed by atoms with Crippen LogP contribution in [0.4, 0.5) is 0 Å². The minimum absolute atomic E-state index is 0.347. The first-order valence-corrected chi connectivity index (χ1v) is 8.47. The summed E-state index contributed by atoms with van der Waals surface area (Å²) >= 11 is 0. The minimum atomic E-state index is -0.347. The third kappa shape index (κ3) is 5.94. The molecule has 1 heterocycles. The molecule has 0 amide bonds. The summed E-state index contributed by atoms with van der Waals surface area (Å²) in [7, 11) is 4.37. The maximum Gasteiger partial charge on any atom is 0.103 e. The number of nitriles is 1. The third-order valence-corrected chi connectivity index (χ3v) is 4.72. The van der Waals surface area contributed by atoms with Gasteiger partial charge in [-0.1, -0.05) is 13.8 Å². The summed E-state index contributed by atoms with van der Waals surface area (Å²) in [4.78, 5) is 4.94. The van der Waals surface area contributed by atoms with Gasteiger partial charge in [0.15, 0.2) is 0 Å². The molecule has 1 N–H and O–H groups in total. The lowest BCUT2D eigenvalue weighted by Crippen LogP contribution is -2.41. The lowest BCUT2D eigenvalue weighted by atomic mass is 9.96. The second kappa shape index (κ2) is 8.73. The Bertz CT molecular complexity index is 336. The molecule has 0 aliphatic carbocycles. The van der Waals surface area contributed by atoms with Gasteiger partial charge in [-0.15, -0.1) is 0 Å². The highest BCUT2D eigenvalue weighted by Crippen LogP contribution is 2.21. The number of rotatable bonds is 9. The number of hydrogen-bond acceptors (Lipinski definition) is 4. The number of likely N-dealkylation sites (N-methyl/N-ethyl adjacent to an activating group) is 1. The van der Waals surface area contributed by atoms with Crippen LogP contribution in [-0.4, -0.2) is 61.7 Å². The van der Waals surface area contributed by atoms with Crippen LogP contribution in [0, 0.1) is 17.2 Å². The van der Waals surface area contributed by atoms with E-state index in [2.05, 4.69) is 49.1 Å². The van der Waals surface area contributed by atoms with E-state index < -0.39 is 0 Å². The highest BCUT2D eigenvalue weighted by molar-refractivity contribution is 5.03. The van der Waals surface area contributed by atoms with Gasteiger partial charge in [0.25, 0.3) is 0 Å². The van der Waals surface area contributed by atoms with Gasteiger partial charge in [-0.2, -0.15) is 5.26 Å². The average molecular weight is 294 g/mol. The molecular formula is C17H34N4. The number of likely N-dealkylation sites (tertiary alicyclic amines) is 1. The van der Waals surface area contributed by atoms with Crippen molar-refractivity contribution in [3.05, 3.63) is 0 Å². The summed E-state index contributed by atoms with van der Waals surface area (Å²) in [5, 5.41) is 12.7. The summed E-state index contributed by atoms with van der Waals surface area (Å²) in [6.45, 7) is 11.0. The fourth-order valence-electron chi connectivity index (χ4n) is 3.30. The molecule has 1 aliphatic heterocycles. The van der Waals surface area contributed by atoms with E-state index in [4.69, 9.17) is 0 Å². The normalized spacial score (nSPS) is 26.0. The van der Waals surface area contributed by atoms with Crippen molar-refractivity contribution in [3.8, 4) is 6.07 Å². The number of nitrogens with one attached hydrogen (secondary N) is 1. The Morgan fingerprint density at radius 1 is 1.33 bits per heavy atom. The average Bonchev–Trinajstić information content (AvgIpc) is 2.83. The number of hydrogen-bond donors (Lipinski definition) is 1. The minimum Gasteiger partial charge on any atom is -0.305 e. The Hall–Kier alpha value is -0.630. The predicted molar refractivity (Wildman–Crippen MR) is 89.2 cm³/mol. The smallest absolute Gasteiger partial charge is 0.103 e. The Labute approximate surface area is 131 Å². The molecule has 1 fully saturated rings. The second-order valence-corrected chi connectivity index (χ2v) is 7.10. The Morgan fingerprint density at radius 3 is 2.57 bits per heavy atom. The molecule has 122 valence electrons. The van der Waals surface area contributed by atoms with Crippen LogP contribution in [0.5, 0.6) is 0 Å². The summed E-state index contributed by atoms with van der Waals surface area (Å²) in [5.41, 5.74) is -0.347. The SMILES string of the molecule is CCCNC(C)(C#N)CCCCN1CC(C)C(N(C)C)C1. The van der Waals surface area contributed by atoms with E-state index in [1.807, 2.05) is 6.92 Å². The maximum absolute atomic E-state index is 9.32. The van der Waals surface area contributed by atoms with Gasteiger partial charge >= 0.3 is 0 Å². The maximum atomic E-state index is 9.32. The van der Waals surface area contributed by atoms with E-state index in [0.29, 0.717) is 6.04 Å². The number of unbranched alkanes of at least 4 members (excludes halogenated alkanes) is 1. The Kier molecular flexibility index (Phi) is 7.65. The number of nitrogens with zero attached hydrogens (tertiary/aromatic N) is 3. The predicted octanol–water partition coefficient (Wildman–Crippen LogP) is 2.32. The highest BCUT2D eigenvalue weighted by atomic mass is 15.2. The molecule has 1 rings (SSSR count). The fraction of sp³-hybridized carbons (Fsp3) is 0.941. The molecule has 0 saturated carbocycles. The van der Waals surface area contributed by atoms with Gasteiger partial charge in [0.2, 0.25) is 0 Å². The van der Waals surface area contributed by atoms with Gasteiger partial charge in [-0.05, 0) is 65.7 Å². The van der Waals surface area contributed by atoms with E-state index in [-0.39, 0.29) is 5.54 Å². The summed E-state index contributed by atoms with van der Waals surface area (Å²) in [6.07, 6.45) is 4.34. The van der Waals surface area contributed by atoms with Crippen LogP contribution < -0.4 is 5.32 Å². The van der Waals surface area contributed by atoms with Crippen LogP contribution in [0.1, 0.15) is 46.5 Å². The van der Waals surface area contributed by atoms with Crippen molar-refractivity contribution in [1.29, 1.82) is 5.26 Å².